The van der Waals surface area contributed by atoms with Gasteiger partial charge in [-0.25, -0.2) is 0 Å². The van der Waals surface area contributed by atoms with Crippen molar-refractivity contribution in [1.29, 1.82) is 0 Å². The molecule has 0 unspecified atom stereocenters. The highest BCUT2D eigenvalue weighted by molar-refractivity contribution is 5.19. The Morgan fingerprint density at radius 1 is 1.43 bits per heavy atom. The molecule has 0 aliphatic carbocycles. The first kappa shape index (κ1) is 8.90. The van der Waals surface area contributed by atoms with Gasteiger partial charge in [0.2, 0.25) is 0 Å². The first-order chi connectivity index (χ1) is 6.88. The SMILES string of the molecule is NCc1cc(Cc2cccnc2)[nH]n1. The van der Waals surface area contributed by atoms with Gasteiger partial charge >= 0.3 is 0 Å². The van der Waals surface area contributed by atoms with Crippen molar-refractivity contribution in [2.45, 2.75) is 13.0 Å². The molecule has 0 bridgehead atoms. The second-order valence-electron chi connectivity index (χ2n) is 3.13. The summed E-state index contributed by atoms with van der Waals surface area (Å²) in [6.07, 6.45) is 4.44. The van der Waals surface area contributed by atoms with E-state index in [1.807, 2.05) is 24.4 Å². The van der Waals surface area contributed by atoms with Crippen LogP contribution in [0.3, 0.4) is 0 Å². The van der Waals surface area contributed by atoms with Crippen LogP contribution in [0.1, 0.15) is 17.0 Å². The minimum atomic E-state index is 0.476. The number of hydrogen-bond acceptors (Lipinski definition) is 3. The lowest BCUT2D eigenvalue weighted by molar-refractivity contribution is 0.927. The van der Waals surface area contributed by atoms with E-state index in [1.165, 1.54) is 5.56 Å². The molecule has 14 heavy (non-hydrogen) atoms. The van der Waals surface area contributed by atoms with E-state index in [0.717, 1.165) is 17.8 Å². The quantitative estimate of drug-likeness (QED) is 0.750. The molecule has 2 aromatic heterocycles. The molecule has 0 spiro atoms. The van der Waals surface area contributed by atoms with Gasteiger partial charge in [0.15, 0.2) is 0 Å². The molecule has 4 heteroatoms. The largest absolute Gasteiger partial charge is 0.325 e. The normalized spacial score (nSPS) is 10.4. The maximum atomic E-state index is 5.46. The van der Waals surface area contributed by atoms with Crippen molar-refractivity contribution in [3.8, 4) is 0 Å². The summed E-state index contributed by atoms with van der Waals surface area (Å²) in [6, 6.07) is 5.94. The lowest BCUT2D eigenvalue weighted by Gasteiger charge is -1.95. The predicted octanol–water partition coefficient (Wildman–Crippen LogP) is 0.854. The fraction of sp³-hybridized carbons (Fsp3) is 0.200. The molecule has 0 aliphatic rings. The first-order valence-corrected chi connectivity index (χ1v) is 4.50. The van der Waals surface area contributed by atoms with Crippen molar-refractivity contribution in [2.75, 3.05) is 0 Å². The zero-order valence-corrected chi connectivity index (χ0v) is 7.77. The summed E-state index contributed by atoms with van der Waals surface area (Å²) in [4.78, 5) is 4.05. The molecule has 0 aromatic carbocycles. The Labute approximate surface area is 82.2 Å². The molecule has 0 saturated carbocycles. The lowest BCUT2D eigenvalue weighted by atomic mass is 10.1. The molecule has 4 nitrogen and oxygen atoms in total. The van der Waals surface area contributed by atoms with Crippen LogP contribution in [-0.4, -0.2) is 15.2 Å². The second-order valence-corrected chi connectivity index (χ2v) is 3.13. The Morgan fingerprint density at radius 2 is 2.36 bits per heavy atom. The fourth-order valence-electron chi connectivity index (χ4n) is 1.33. The lowest BCUT2D eigenvalue weighted by Crippen LogP contribution is -1.95. The minimum Gasteiger partial charge on any atom is -0.325 e. The summed E-state index contributed by atoms with van der Waals surface area (Å²) < 4.78 is 0. The van der Waals surface area contributed by atoms with Gasteiger partial charge in [0.05, 0.1) is 5.69 Å². The van der Waals surface area contributed by atoms with Crippen LogP contribution in [0.4, 0.5) is 0 Å². The number of H-pyrrole nitrogens is 1. The first-order valence-electron chi connectivity index (χ1n) is 4.50. The van der Waals surface area contributed by atoms with Crippen LogP contribution in [0.2, 0.25) is 0 Å². The third-order valence-corrected chi connectivity index (χ3v) is 2.01. The molecule has 2 rings (SSSR count). The van der Waals surface area contributed by atoms with Gasteiger partial charge in [0.25, 0.3) is 0 Å². The molecule has 0 radical (unpaired) electrons. The smallest absolute Gasteiger partial charge is 0.0760 e. The van der Waals surface area contributed by atoms with Gasteiger partial charge in [0, 0.05) is 31.1 Å². The van der Waals surface area contributed by atoms with E-state index in [2.05, 4.69) is 15.2 Å². The van der Waals surface area contributed by atoms with Gasteiger partial charge in [0.1, 0.15) is 0 Å². The van der Waals surface area contributed by atoms with Crippen LogP contribution >= 0.6 is 0 Å². The Balaban J connectivity index is 2.11. The Kier molecular flexibility index (Phi) is 2.55. The van der Waals surface area contributed by atoms with Gasteiger partial charge in [-0.05, 0) is 17.7 Å². The van der Waals surface area contributed by atoms with Crippen LogP contribution in [0.25, 0.3) is 0 Å². The molecular weight excluding hydrogens is 176 g/mol. The molecule has 2 aromatic rings. The van der Waals surface area contributed by atoms with E-state index in [9.17, 15) is 0 Å². The third-order valence-electron chi connectivity index (χ3n) is 2.01. The van der Waals surface area contributed by atoms with Crippen molar-refractivity contribution in [1.82, 2.24) is 15.2 Å². The van der Waals surface area contributed by atoms with E-state index in [0.29, 0.717) is 6.54 Å². The maximum Gasteiger partial charge on any atom is 0.0760 e. The van der Waals surface area contributed by atoms with Crippen LogP contribution in [0.5, 0.6) is 0 Å². The number of nitrogens with one attached hydrogen (secondary N) is 1. The van der Waals surface area contributed by atoms with E-state index in [1.54, 1.807) is 6.20 Å². The van der Waals surface area contributed by atoms with E-state index >= 15 is 0 Å². The standard InChI is InChI=1S/C10H12N4/c11-6-10-5-9(13-14-10)4-8-2-1-3-12-7-8/h1-3,5,7H,4,6,11H2,(H,13,14). The predicted molar refractivity (Wildman–Crippen MR) is 53.5 cm³/mol. The van der Waals surface area contributed by atoms with Crippen molar-refractivity contribution < 1.29 is 0 Å². The van der Waals surface area contributed by atoms with Gasteiger partial charge in [-0.15, -0.1) is 0 Å². The van der Waals surface area contributed by atoms with E-state index in [-0.39, 0.29) is 0 Å². The average molecular weight is 188 g/mol. The minimum absolute atomic E-state index is 0.476. The average Bonchev–Trinajstić information content (AvgIpc) is 2.67. The van der Waals surface area contributed by atoms with Crippen LogP contribution in [-0.2, 0) is 13.0 Å². The van der Waals surface area contributed by atoms with Crippen molar-refractivity contribution >= 4 is 0 Å². The molecule has 2 heterocycles. The number of pyridine rings is 1. The van der Waals surface area contributed by atoms with E-state index in [4.69, 9.17) is 5.73 Å². The van der Waals surface area contributed by atoms with Gasteiger partial charge < -0.3 is 5.73 Å². The number of hydrogen-bond donors (Lipinski definition) is 2. The van der Waals surface area contributed by atoms with Crippen molar-refractivity contribution in [3.63, 3.8) is 0 Å². The summed E-state index contributed by atoms with van der Waals surface area (Å²) in [7, 11) is 0. The van der Waals surface area contributed by atoms with E-state index < -0.39 is 0 Å². The van der Waals surface area contributed by atoms with Gasteiger partial charge in [-0.2, -0.15) is 5.10 Å². The number of aromatic nitrogens is 3. The number of rotatable bonds is 3. The van der Waals surface area contributed by atoms with Gasteiger partial charge in [-0.1, -0.05) is 6.07 Å². The zero-order chi connectivity index (χ0) is 9.80. The number of nitrogens with two attached hydrogens (primary N) is 1. The maximum absolute atomic E-state index is 5.46. The highest BCUT2D eigenvalue weighted by Crippen LogP contribution is 2.06. The summed E-state index contributed by atoms with van der Waals surface area (Å²) in [5.41, 5.74) is 8.59. The van der Waals surface area contributed by atoms with Crippen LogP contribution in [0, 0.1) is 0 Å². The molecule has 3 N–H and O–H groups in total. The number of aromatic amines is 1. The topological polar surface area (TPSA) is 67.6 Å². The molecular formula is C10H12N4. The highest BCUT2D eigenvalue weighted by atomic mass is 15.1. The molecule has 0 fully saturated rings. The van der Waals surface area contributed by atoms with Gasteiger partial charge in [-0.3, -0.25) is 10.1 Å². The third kappa shape index (κ3) is 1.97. The van der Waals surface area contributed by atoms with Crippen LogP contribution < -0.4 is 5.73 Å². The summed E-state index contributed by atoms with van der Waals surface area (Å²) >= 11 is 0. The monoisotopic (exact) mass is 188 g/mol. The van der Waals surface area contributed by atoms with Crippen molar-refractivity contribution in [3.05, 3.63) is 47.5 Å². The Bertz CT molecular complexity index is 394. The summed E-state index contributed by atoms with van der Waals surface area (Å²) in [5, 5.41) is 7.01. The number of nitrogens with zero attached hydrogens (tertiary/aromatic N) is 2. The molecule has 0 saturated heterocycles. The summed E-state index contributed by atoms with van der Waals surface area (Å²) in [5.74, 6) is 0. The highest BCUT2D eigenvalue weighted by Gasteiger charge is 2.00. The molecule has 0 aliphatic heterocycles. The van der Waals surface area contributed by atoms with Crippen molar-refractivity contribution in [2.24, 2.45) is 5.73 Å². The molecule has 0 amide bonds. The fourth-order valence-corrected chi connectivity index (χ4v) is 1.33. The molecule has 0 atom stereocenters. The molecule has 72 valence electrons. The Morgan fingerprint density at radius 3 is 3.00 bits per heavy atom. The zero-order valence-electron chi connectivity index (χ0n) is 7.77. The second kappa shape index (κ2) is 4.02. The summed E-state index contributed by atoms with van der Waals surface area (Å²) in [6.45, 7) is 0.476. The van der Waals surface area contributed by atoms with Crippen LogP contribution in [0.15, 0.2) is 30.6 Å². The Hall–Kier alpha value is -1.68.